The smallest absolute Gasteiger partial charge is 0.186 e. The maximum absolute atomic E-state index is 5.53. The lowest BCUT2D eigenvalue weighted by Crippen LogP contribution is -2.32. The van der Waals surface area contributed by atoms with Crippen molar-refractivity contribution in [3.63, 3.8) is 0 Å². The Morgan fingerprint density at radius 2 is 1.95 bits per heavy atom. The molecule has 104 valence electrons. The van der Waals surface area contributed by atoms with Crippen LogP contribution in [-0.2, 0) is 0 Å². The Hall–Kier alpha value is -1.62. The van der Waals surface area contributed by atoms with Gasteiger partial charge in [-0.05, 0) is 62.3 Å². The Balaban J connectivity index is 2.59. The van der Waals surface area contributed by atoms with Crippen molar-refractivity contribution in [2.75, 3.05) is 13.2 Å². The minimum atomic E-state index is 0.532. The van der Waals surface area contributed by atoms with Crippen molar-refractivity contribution in [2.24, 2.45) is 5.10 Å². The van der Waals surface area contributed by atoms with Gasteiger partial charge >= 0.3 is 0 Å². The van der Waals surface area contributed by atoms with Crippen LogP contribution in [0.1, 0.15) is 32.8 Å². The lowest BCUT2D eigenvalue weighted by molar-refractivity contribution is 0.317. The van der Waals surface area contributed by atoms with Crippen molar-refractivity contribution in [3.05, 3.63) is 29.8 Å². The van der Waals surface area contributed by atoms with E-state index in [1.54, 1.807) is 0 Å². The molecule has 0 heterocycles. The number of hydrogen-bond donors (Lipinski definition) is 2. The zero-order valence-electron chi connectivity index (χ0n) is 11.7. The predicted octanol–water partition coefficient (Wildman–Crippen LogP) is 2.68. The highest BCUT2D eigenvalue weighted by Crippen LogP contribution is 2.12. The maximum atomic E-state index is 5.53. The van der Waals surface area contributed by atoms with Gasteiger partial charge in [0, 0.05) is 6.54 Å². The summed E-state index contributed by atoms with van der Waals surface area (Å²) in [6.45, 7) is 7.53. The first-order chi connectivity index (χ1) is 9.17. The summed E-state index contributed by atoms with van der Waals surface area (Å²) in [7, 11) is 0. The fourth-order valence-corrected chi connectivity index (χ4v) is 1.60. The van der Waals surface area contributed by atoms with Crippen LogP contribution in [0.25, 0.3) is 0 Å². The van der Waals surface area contributed by atoms with Crippen LogP contribution in [0.15, 0.2) is 29.4 Å². The van der Waals surface area contributed by atoms with Gasteiger partial charge in [0.05, 0.1) is 12.3 Å². The number of nitrogens with one attached hydrogen (secondary N) is 2. The van der Waals surface area contributed by atoms with Crippen LogP contribution in [-0.4, -0.2) is 24.0 Å². The summed E-state index contributed by atoms with van der Waals surface area (Å²) < 4.78 is 5.53. The van der Waals surface area contributed by atoms with Gasteiger partial charge in [0.2, 0.25) is 0 Å². The number of benzene rings is 1. The Morgan fingerprint density at radius 3 is 2.53 bits per heavy atom. The van der Waals surface area contributed by atoms with Crippen LogP contribution in [0, 0.1) is 0 Å². The predicted molar refractivity (Wildman–Crippen MR) is 83.8 cm³/mol. The molecule has 19 heavy (non-hydrogen) atoms. The molecule has 0 fully saturated rings. The molecule has 1 aromatic carbocycles. The maximum Gasteiger partial charge on any atom is 0.186 e. The molecular formula is C14H21N3OS. The third-order valence-electron chi connectivity index (χ3n) is 2.41. The molecule has 0 radical (unpaired) electrons. The monoisotopic (exact) mass is 279 g/mol. The van der Waals surface area contributed by atoms with Crippen LogP contribution in [0.3, 0.4) is 0 Å². The zero-order valence-corrected chi connectivity index (χ0v) is 12.5. The third kappa shape index (κ3) is 5.70. The molecule has 0 aromatic heterocycles. The molecule has 2 N–H and O–H groups in total. The van der Waals surface area contributed by atoms with Gasteiger partial charge in [0.15, 0.2) is 5.11 Å². The molecule has 1 aromatic rings. The summed E-state index contributed by atoms with van der Waals surface area (Å²) in [5.74, 6) is 0.884. The Bertz CT molecular complexity index is 429. The summed E-state index contributed by atoms with van der Waals surface area (Å²) in [5.41, 5.74) is 4.72. The minimum Gasteiger partial charge on any atom is -0.494 e. The van der Waals surface area contributed by atoms with E-state index in [1.807, 2.05) is 38.1 Å². The largest absolute Gasteiger partial charge is 0.494 e. The standard InChI is InChI=1S/C14H21N3OS/c1-4-10-18-13-8-6-12(7-9-13)11(3)16-17-14(19)15-5-2/h6-9H,4-5,10H2,1-3H3,(H2,15,17,19)/b16-11-. The first kappa shape index (κ1) is 15.4. The Morgan fingerprint density at radius 1 is 1.26 bits per heavy atom. The van der Waals surface area contributed by atoms with Gasteiger partial charge in [-0.3, -0.25) is 5.43 Å². The summed E-state index contributed by atoms with van der Waals surface area (Å²) in [4.78, 5) is 0. The van der Waals surface area contributed by atoms with Gasteiger partial charge in [-0.2, -0.15) is 5.10 Å². The van der Waals surface area contributed by atoms with E-state index in [-0.39, 0.29) is 0 Å². The highest BCUT2D eigenvalue weighted by molar-refractivity contribution is 7.80. The number of thiocarbonyl (C=S) groups is 1. The molecule has 0 saturated heterocycles. The van der Waals surface area contributed by atoms with Gasteiger partial charge in [0.1, 0.15) is 5.75 Å². The highest BCUT2D eigenvalue weighted by atomic mass is 32.1. The van der Waals surface area contributed by atoms with E-state index in [0.29, 0.717) is 5.11 Å². The van der Waals surface area contributed by atoms with Crippen LogP contribution in [0.4, 0.5) is 0 Å². The van der Waals surface area contributed by atoms with Gasteiger partial charge < -0.3 is 10.1 Å². The van der Waals surface area contributed by atoms with E-state index in [1.165, 1.54) is 0 Å². The normalized spacial score (nSPS) is 11.0. The highest BCUT2D eigenvalue weighted by Gasteiger charge is 1.99. The topological polar surface area (TPSA) is 45.6 Å². The first-order valence-electron chi connectivity index (χ1n) is 6.48. The molecule has 5 heteroatoms. The van der Waals surface area contributed by atoms with Crippen LogP contribution >= 0.6 is 12.2 Å². The van der Waals surface area contributed by atoms with E-state index in [2.05, 4.69) is 22.8 Å². The average molecular weight is 279 g/mol. The van der Waals surface area contributed by atoms with Gasteiger partial charge in [-0.15, -0.1) is 0 Å². The van der Waals surface area contributed by atoms with E-state index >= 15 is 0 Å². The molecule has 1 rings (SSSR count). The van der Waals surface area contributed by atoms with Crippen molar-refractivity contribution in [2.45, 2.75) is 27.2 Å². The number of ether oxygens (including phenoxy) is 1. The fourth-order valence-electron chi connectivity index (χ4n) is 1.41. The Labute approximate surface area is 120 Å². The summed E-state index contributed by atoms with van der Waals surface area (Å²) in [5, 5.41) is 7.74. The Kier molecular flexibility index (Phi) is 6.89. The van der Waals surface area contributed by atoms with Crippen LogP contribution < -0.4 is 15.5 Å². The van der Waals surface area contributed by atoms with Gasteiger partial charge in [-0.25, -0.2) is 0 Å². The van der Waals surface area contributed by atoms with Crippen molar-refractivity contribution < 1.29 is 4.74 Å². The molecule has 0 atom stereocenters. The second kappa shape index (κ2) is 8.48. The summed E-state index contributed by atoms with van der Waals surface area (Å²) in [6, 6.07) is 7.88. The second-order valence-electron chi connectivity index (χ2n) is 4.04. The van der Waals surface area contributed by atoms with Crippen LogP contribution in [0.2, 0.25) is 0 Å². The molecule has 0 amide bonds. The van der Waals surface area contributed by atoms with Crippen molar-refractivity contribution in [1.29, 1.82) is 0 Å². The van der Waals surface area contributed by atoms with Gasteiger partial charge in [0.25, 0.3) is 0 Å². The number of hydrazone groups is 1. The van der Waals surface area contributed by atoms with Crippen LogP contribution in [0.5, 0.6) is 5.75 Å². The third-order valence-corrected chi connectivity index (χ3v) is 2.64. The number of rotatable bonds is 6. The number of hydrogen-bond acceptors (Lipinski definition) is 3. The summed E-state index contributed by atoms with van der Waals surface area (Å²) in [6.07, 6.45) is 1.01. The SMILES string of the molecule is CCCOc1ccc(/C(C)=N\NC(=S)NCC)cc1. The molecule has 0 aliphatic carbocycles. The van der Waals surface area contributed by atoms with Gasteiger partial charge in [-0.1, -0.05) is 6.92 Å². The molecular weight excluding hydrogens is 258 g/mol. The molecule has 0 aliphatic heterocycles. The fraction of sp³-hybridized carbons (Fsp3) is 0.429. The average Bonchev–Trinajstić information content (AvgIpc) is 2.43. The van der Waals surface area contributed by atoms with E-state index in [4.69, 9.17) is 17.0 Å². The van der Waals surface area contributed by atoms with E-state index in [0.717, 1.165) is 36.6 Å². The van der Waals surface area contributed by atoms with Crippen molar-refractivity contribution >= 4 is 23.0 Å². The summed E-state index contributed by atoms with van der Waals surface area (Å²) >= 11 is 5.04. The van der Waals surface area contributed by atoms with Crippen molar-refractivity contribution in [3.8, 4) is 5.75 Å². The van der Waals surface area contributed by atoms with E-state index in [9.17, 15) is 0 Å². The molecule has 0 spiro atoms. The molecule has 0 unspecified atom stereocenters. The molecule has 0 aliphatic rings. The quantitative estimate of drug-likeness (QED) is 0.477. The first-order valence-corrected chi connectivity index (χ1v) is 6.89. The lowest BCUT2D eigenvalue weighted by Gasteiger charge is -2.07. The minimum absolute atomic E-state index is 0.532. The molecule has 4 nitrogen and oxygen atoms in total. The van der Waals surface area contributed by atoms with Crippen molar-refractivity contribution in [1.82, 2.24) is 10.7 Å². The number of nitrogens with zero attached hydrogens (tertiary/aromatic N) is 1. The lowest BCUT2D eigenvalue weighted by atomic mass is 10.1. The zero-order chi connectivity index (χ0) is 14.1. The second-order valence-corrected chi connectivity index (χ2v) is 4.45. The molecule has 0 bridgehead atoms. The molecule has 0 saturated carbocycles. The van der Waals surface area contributed by atoms with E-state index < -0.39 is 0 Å².